The quantitative estimate of drug-likeness (QED) is 0.846. The number of hydrogen-bond donors (Lipinski definition) is 1. The normalized spacial score (nSPS) is 30.8. The van der Waals surface area contributed by atoms with Crippen molar-refractivity contribution in [2.24, 2.45) is 11.3 Å². The molecule has 0 aliphatic carbocycles. The van der Waals surface area contributed by atoms with Gasteiger partial charge in [0.25, 0.3) is 0 Å². The molecule has 138 valence electrons. The first-order chi connectivity index (χ1) is 12.1. The zero-order chi connectivity index (χ0) is 17.4. The van der Waals surface area contributed by atoms with Gasteiger partial charge >= 0.3 is 5.97 Å². The first-order valence-electron chi connectivity index (χ1n) is 9.25. The predicted octanol–water partition coefficient (Wildman–Crippen LogP) is 1.49. The Morgan fingerprint density at radius 3 is 2.80 bits per heavy atom. The summed E-state index contributed by atoms with van der Waals surface area (Å²) in [5, 5.41) is 20.5. The summed E-state index contributed by atoms with van der Waals surface area (Å²) in [6.45, 7) is 6.56. The minimum atomic E-state index is -0.672. The molecule has 3 saturated heterocycles. The number of nitrogens with zero attached hydrogens (tertiary/aromatic N) is 4. The van der Waals surface area contributed by atoms with Gasteiger partial charge in [0.1, 0.15) is 10.4 Å². The average molecular weight is 366 g/mol. The summed E-state index contributed by atoms with van der Waals surface area (Å²) in [4.78, 5) is 16.8. The molecule has 1 aromatic heterocycles. The van der Waals surface area contributed by atoms with E-state index in [1.807, 2.05) is 0 Å². The van der Waals surface area contributed by atoms with Crippen molar-refractivity contribution in [2.75, 3.05) is 44.3 Å². The number of aryl methyl sites for hydroxylation is 1. The molecular formula is C17H26N4O3S. The van der Waals surface area contributed by atoms with E-state index in [4.69, 9.17) is 4.74 Å². The van der Waals surface area contributed by atoms with Crippen LogP contribution in [0.2, 0.25) is 0 Å². The lowest BCUT2D eigenvalue weighted by Crippen LogP contribution is -2.44. The summed E-state index contributed by atoms with van der Waals surface area (Å²) in [7, 11) is 0. The van der Waals surface area contributed by atoms with Gasteiger partial charge in [-0.1, -0.05) is 18.3 Å². The number of anilines is 1. The van der Waals surface area contributed by atoms with E-state index in [2.05, 4.69) is 26.9 Å². The highest BCUT2D eigenvalue weighted by Gasteiger charge is 2.58. The summed E-state index contributed by atoms with van der Waals surface area (Å²) in [6.07, 6.45) is 4.03. The number of carboxylic acids is 1. The highest BCUT2D eigenvalue weighted by molar-refractivity contribution is 7.15. The molecule has 7 nitrogen and oxygen atoms in total. The molecule has 0 amide bonds. The molecule has 2 atom stereocenters. The zero-order valence-electron chi connectivity index (χ0n) is 14.7. The molecule has 0 radical (unpaired) electrons. The molecule has 25 heavy (non-hydrogen) atoms. The highest BCUT2D eigenvalue weighted by atomic mass is 32.1. The fraction of sp³-hybridized carbons (Fsp3) is 0.824. The van der Waals surface area contributed by atoms with E-state index in [0.717, 1.165) is 62.1 Å². The number of carbonyl (C=O) groups is 1. The second-order valence-electron chi connectivity index (χ2n) is 7.54. The Morgan fingerprint density at radius 2 is 2.12 bits per heavy atom. The maximum Gasteiger partial charge on any atom is 0.313 e. The topological polar surface area (TPSA) is 78.8 Å². The third-order valence-electron chi connectivity index (χ3n) is 5.96. The Hall–Kier alpha value is -1.25. The molecule has 8 heteroatoms. The Balaban J connectivity index is 1.49. The van der Waals surface area contributed by atoms with E-state index in [9.17, 15) is 9.90 Å². The Bertz CT molecular complexity index is 633. The third-order valence-corrected chi connectivity index (χ3v) is 7.00. The number of aliphatic carboxylic acids is 1. The SMILES string of the molecule is CCCc1nnc(N2C[C@@H]3CN(C4CCOCC4)C[C@]3(C(=O)O)C2)s1. The summed E-state index contributed by atoms with van der Waals surface area (Å²) in [6, 6.07) is 0.474. The molecule has 0 spiro atoms. The van der Waals surface area contributed by atoms with Crippen LogP contribution in [0.4, 0.5) is 5.13 Å². The molecule has 3 fully saturated rings. The van der Waals surface area contributed by atoms with Crippen LogP contribution in [-0.4, -0.2) is 71.6 Å². The fourth-order valence-corrected chi connectivity index (χ4v) is 5.52. The number of aromatic nitrogens is 2. The second kappa shape index (κ2) is 6.81. The van der Waals surface area contributed by atoms with Crippen LogP contribution in [0, 0.1) is 11.3 Å². The molecule has 4 rings (SSSR count). The van der Waals surface area contributed by atoms with Gasteiger partial charge in [-0.15, -0.1) is 10.2 Å². The summed E-state index contributed by atoms with van der Waals surface area (Å²) in [5.74, 6) is -0.501. The standard InChI is InChI=1S/C17H26N4O3S/c1-2-3-14-18-19-16(25-14)21-9-12-8-20(13-4-6-24-7-5-13)10-17(12,11-21)15(22)23/h12-13H,2-11H2,1H3,(H,22,23)/t12-,17-/m0/s1. The molecule has 4 heterocycles. The van der Waals surface area contributed by atoms with Crippen molar-refractivity contribution in [3.63, 3.8) is 0 Å². The lowest BCUT2D eigenvalue weighted by Gasteiger charge is -2.33. The maximum atomic E-state index is 12.2. The van der Waals surface area contributed by atoms with Crippen LogP contribution in [0.15, 0.2) is 0 Å². The first-order valence-corrected chi connectivity index (χ1v) is 10.1. The maximum absolute atomic E-state index is 12.2. The van der Waals surface area contributed by atoms with Gasteiger partial charge in [0, 0.05) is 57.8 Å². The number of ether oxygens (including phenoxy) is 1. The van der Waals surface area contributed by atoms with Crippen LogP contribution in [-0.2, 0) is 16.0 Å². The van der Waals surface area contributed by atoms with Crippen LogP contribution in [0.5, 0.6) is 0 Å². The van der Waals surface area contributed by atoms with E-state index in [-0.39, 0.29) is 5.92 Å². The van der Waals surface area contributed by atoms with Crippen molar-refractivity contribution in [2.45, 2.75) is 38.6 Å². The number of fused-ring (bicyclic) bond motifs is 1. The van der Waals surface area contributed by atoms with Gasteiger partial charge in [0.2, 0.25) is 5.13 Å². The summed E-state index contributed by atoms with van der Waals surface area (Å²) < 4.78 is 5.46. The van der Waals surface area contributed by atoms with E-state index in [1.165, 1.54) is 0 Å². The molecule has 0 bridgehead atoms. The van der Waals surface area contributed by atoms with Crippen LogP contribution in [0.3, 0.4) is 0 Å². The summed E-state index contributed by atoms with van der Waals surface area (Å²) >= 11 is 1.61. The average Bonchev–Trinajstić information content (AvgIpc) is 3.28. The van der Waals surface area contributed by atoms with Crippen LogP contribution < -0.4 is 4.90 Å². The molecule has 0 saturated carbocycles. The lowest BCUT2D eigenvalue weighted by atomic mass is 9.81. The highest BCUT2D eigenvalue weighted by Crippen LogP contribution is 2.46. The van der Waals surface area contributed by atoms with Gasteiger partial charge in [-0.25, -0.2) is 0 Å². The van der Waals surface area contributed by atoms with Gasteiger partial charge in [-0.3, -0.25) is 9.69 Å². The monoisotopic (exact) mass is 366 g/mol. The fourth-order valence-electron chi connectivity index (χ4n) is 4.57. The van der Waals surface area contributed by atoms with Crippen molar-refractivity contribution in [1.82, 2.24) is 15.1 Å². The smallest absolute Gasteiger partial charge is 0.313 e. The van der Waals surface area contributed by atoms with Gasteiger partial charge in [0.15, 0.2) is 0 Å². The van der Waals surface area contributed by atoms with Crippen molar-refractivity contribution >= 4 is 22.4 Å². The Labute approximate surface area is 152 Å². The zero-order valence-corrected chi connectivity index (χ0v) is 15.5. The largest absolute Gasteiger partial charge is 0.481 e. The first kappa shape index (κ1) is 17.2. The number of likely N-dealkylation sites (tertiary alicyclic amines) is 1. The van der Waals surface area contributed by atoms with Crippen molar-refractivity contribution in [3.05, 3.63) is 5.01 Å². The van der Waals surface area contributed by atoms with Gasteiger partial charge in [-0.2, -0.15) is 0 Å². The van der Waals surface area contributed by atoms with Crippen molar-refractivity contribution in [1.29, 1.82) is 0 Å². The van der Waals surface area contributed by atoms with E-state index in [1.54, 1.807) is 11.3 Å². The number of hydrogen-bond acceptors (Lipinski definition) is 7. The predicted molar refractivity (Wildman–Crippen MR) is 95.1 cm³/mol. The van der Waals surface area contributed by atoms with Gasteiger partial charge in [0.05, 0.1) is 0 Å². The minimum absolute atomic E-state index is 0.159. The second-order valence-corrected chi connectivity index (χ2v) is 8.58. The van der Waals surface area contributed by atoms with E-state index >= 15 is 0 Å². The number of rotatable bonds is 5. The number of carboxylic acid groups (broad SMARTS) is 1. The van der Waals surface area contributed by atoms with Gasteiger partial charge < -0.3 is 14.7 Å². The van der Waals surface area contributed by atoms with Crippen LogP contribution in [0.1, 0.15) is 31.2 Å². The Kier molecular flexibility index (Phi) is 4.68. The third kappa shape index (κ3) is 3.04. The molecular weight excluding hydrogens is 340 g/mol. The summed E-state index contributed by atoms with van der Waals surface area (Å²) in [5.41, 5.74) is -0.672. The molecule has 1 aromatic rings. The van der Waals surface area contributed by atoms with E-state index < -0.39 is 11.4 Å². The molecule has 3 aliphatic rings. The minimum Gasteiger partial charge on any atom is -0.481 e. The molecule has 0 aromatic carbocycles. The van der Waals surface area contributed by atoms with E-state index in [0.29, 0.717) is 19.1 Å². The molecule has 1 N–H and O–H groups in total. The van der Waals surface area contributed by atoms with Crippen LogP contribution >= 0.6 is 11.3 Å². The van der Waals surface area contributed by atoms with Crippen molar-refractivity contribution in [3.8, 4) is 0 Å². The molecule has 3 aliphatic heterocycles. The molecule has 0 unspecified atom stereocenters. The van der Waals surface area contributed by atoms with Crippen molar-refractivity contribution < 1.29 is 14.6 Å². The van der Waals surface area contributed by atoms with Crippen LogP contribution in [0.25, 0.3) is 0 Å². The van der Waals surface area contributed by atoms with Gasteiger partial charge in [-0.05, 0) is 19.3 Å². The Morgan fingerprint density at radius 1 is 1.32 bits per heavy atom. The lowest BCUT2D eigenvalue weighted by molar-refractivity contribution is -0.148.